The first-order valence-corrected chi connectivity index (χ1v) is 13.2. The van der Waals surface area contributed by atoms with Crippen LogP contribution in [0.2, 0.25) is 10.0 Å². The molecule has 186 valence electrons. The van der Waals surface area contributed by atoms with Gasteiger partial charge in [-0.3, -0.25) is 9.59 Å². The Morgan fingerprint density at radius 1 is 1.03 bits per heavy atom. The zero-order valence-electron chi connectivity index (χ0n) is 19.8. The summed E-state index contributed by atoms with van der Waals surface area (Å²) < 4.78 is 6.69. The molecule has 0 aliphatic rings. The SMILES string of the molecule is CCCCNC(=O)[C@@H](CC)N(Cc1c(Cl)cccc1Cl)C(=O)COc1ccc2ccccc2c1Br. The number of nitrogens with one attached hydrogen (secondary N) is 1. The van der Waals surface area contributed by atoms with Crippen LogP contribution in [0.1, 0.15) is 38.7 Å². The molecule has 0 fully saturated rings. The highest BCUT2D eigenvalue weighted by atomic mass is 79.9. The quantitative estimate of drug-likeness (QED) is 0.248. The van der Waals surface area contributed by atoms with E-state index in [0.29, 0.717) is 34.3 Å². The van der Waals surface area contributed by atoms with Gasteiger partial charge in [-0.1, -0.05) is 79.9 Å². The third kappa shape index (κ3) is 6.90. The summed E-state index contributed by atoms with van der Waals surface area (Å²) >= 11 is 16.4. The van der Waals surface area contributed by atoms with E-state index in [2.05, 4.69) is 28.2 Å². The van der Waals surface area contributed by atoms with Crippen LogP contribution in [0.25, 0.3) is 10.8 Å². The number of fused-ring (bicyclic) bond motifs is 1. The molecule has 0 unspecified atom stereocenters. The van der Waals surface area contributed by atoms with E-state index in [9.17, 15) is 9.59 Å². The highest BCUT2D eigenvalue weighted by molar-refractivity contribution is 9.10. The van der Waals surface area contributed by atoms with Crippen molar-refractivity contribution in [2.45, 2.75) is 45.7 Å². The Labute approximate surface area is 224 Å². The van der Waals surface area contributed by atoms with Crippen LogP contribution in [0.4, 0.5) is 0 Å². The third-order valence-electron chi connectivity index (χ3n) is 5.78. The molecule has 1 atom stereocenters. The second kappa shape index (κ2) is 13.1. The van der Waals surface area contributed by atoms with Crippen molar-refractivity contribution in [2.24, 2.45) is 0 Å². The Morgan fingerprint density at radius 3 is 2.43 bits per heavy atom. The minimum absolute atomic E-state index is 0.0965. The molecular weight excluding hydrogens is 551 g/mol. The zero-order chi connectivity index (χ0) is 25.4. The number of carbonyl (C=O) groups is 2. The Balaban J connectivity index is 1.85. The molecule has 0 saturated heterocycles. The van der Waals surface area contributed by atoms with E-state index >= 15 is 0 Å². The number of halogens is 3. The van der Waals surface area contributed by atoms with Gasteiger partial charge in [0.05, 0.1) is 4.47 Å². The van der Waals surface area contributed by atoms with Crippen molar-refractivity contribution in [3.8, 4) is 5.75 Å². The third-order valence-corrected chi connectivity index (χ3v) is 7.31. The van der Waals surface area contributed by atoms with Crippen molar-refractivity contribution in [2.75, 3.05) is 13.2 Å². The monoisotopic (exact) mass is 578 g/mol. The molecule has 0 aliphatic heterocycles. The summed E-state index contributed by atoms with van der Waals surface area (Å²) in [5.74, 6) is 0.0103. The maximum absolute atomic E-state index is 13.5. The number of ether oxygens (including phenoxy) is 1. The Bertz CT molecular complexity index is 1170. The van der Waals surface area contributed by atoms with Gasteiger partial charge in [-0.05, 0) is 57.7 Å². The molecule has 3 aromatic carbocycles. The first-order chi connectivity index (χ1) is 16.9. The van der Waals surface area contributed by atoms with Gasteiger partial charge in [-0.15, -0.1) is 0 Å². The molecular formula is C27H29BrCl2N2O3. The summed E-state index contributed by atoms with van der Waals surface area (Å²) in [6.45, 7) is 4.35. The van der Waals surface area contributed by atoms with E-state index in [-0.39, 0.29) is 25.0 Å². The molecule has 3 aromatic rings. The van der Waals surface area contributed by atoms with Crippen molar-refractivity contribution < 1.29 is 14.3 Å². The predicted octanol–water partition coefficient (Wildman–Crippen LogP) is 7.01. The molecule has 0 heterocycles. The molecule has 2 amide bonds. The van der Waals surface area contributed by atoms with E-state index in [0.717, 1.165) is 28.1 Å². The minimum atomic E-state index is -0.685. The first kappa shape index (κ1) is 27.3. The van der Waals surface area contributed by atoms with E-state index in [1.807, 2.05) is 43.3 Å². The van der Waals surface area contributed by atoms with Gasteiger partial charge in [0, 0.05) is 28.7 Å². The lowest BCUT2D eigenvalue weighted by molar-refractivity contribution is -0.143. The van der Waals surface area contributed by atoms with Gasteiger partial charge in [-0.25, -0.2) is 0 Å². The van der Waals surface area contributed by atoms with Crippen LogP contribution in [-0.4, -0.2) is 35.9 Å². The van der Waals surface area contributed by atoms with Crippen molar-refractivity contribution in [3.05, 3.63) is 74.7 Å². The normalized spacial score (nSPS) is 11.8. The second-order valence-electron chi connectivity index (χ2n) is 8.18. The molecule has 0 spiro atoms. The lowest BCUT2D eigenvalue weighted by Crippen LogP contribution is -2.50. The van der Waals surface area contributed by atoms with Crippen LogP contribution < -0.4 is 10.1 Å². The number of carbonyl (C=O) groups excluding carboxylic acids is 2. The van der Waals surface area contributed by atoms with Crippen molar-refractivity contribution in [1.82, 2.24) is 10.2 Å². The number of benzene rings is 3. The average Bonchev–Trinajstić information content (AvgIpc) is 2.85. The van der Waals surface area contributed by atoms with Gasteiger partial charge in [-0.2, -0.15) is 0 Å². The summed E-state index contributed by atoms with van der Waals surface area (Å²) in [6, 6.07) is 16.2. The van der Waals surface area contributed by atoms with Crippen molar-refractivity contribution in [1.29, 1.82) is 0 Å². The zero-order valence-corrected chi connectivity index (χ0v) is 22.9. The van der Waals surface area contributed by atoms with E-state index in [4.69, 9.17) is 27.9 Å². The van der Waals surface area contributed by atoms with Crippen LogP contribution in [0.3, 0.4) is 0 Å². The maximum atomic E-state index is 13.5. The minimum Gasteiger partial charge on any atom is -0.483 e. The fourth-order valence-electron chi connectivity index (χ4n) is 3.83. The number of amides is 2. The summed E-state index contributed by atoms with van der Waals surface area (Å²) in [5, 5.41) is 5.86. The van der Waals surface area contributed by atoms with Crippen LogP contribution in [0, 0.1) is 0 Å². The van der Waals surface area contributed by atoms with Crippen molar-refractivity contribution >= 4 is 61.7 Å². The number of hydrogen-bond acceptors (Lipinski definition) is 3. The molecule has 0 aromatic heterocycles. The summed E-state index contributed by atoms with van der Waals surface area (Å²) in [5.41, 5.74) is 0.593. The lowest BCUT2D eigenvalue weighted by atomic mass is 10.1. The van der Waals surface area contributed by atoms with Gasteiger partial charge in [0.25, 0.3) is 5.91 Å². The van der Waals surface area contributed by atoms with Gasteiger partial charge < -0.3 is 15.0 Å². The number of nitrogens with zero attached hydrogens (tertiary/aromatic N) is 1. The molecule has 0 bridgehead atoms. The molecule has 5 nitrogen and oxygen atoms in total. The van der Waals surface area contributed by atoms with Crippen LogP contribution in [-0.2, 0) is 16.1 Å². The molecule has 0 saturated carbocycles. The standard InChI is InChI=1S/C27H29BrCl2N2O3/c1-3-5-15-31-27(34)23(4-2)32(16-20-21(29)11-8-12-22(20)30)25(33)17-35-24-14-13-18-9-6-7-10-19(18)26(24)28/h6-14,23H,3-5,15-17H2,1-2H3,(H,31,34)/t23-/m1/s1. The fraction of sp³-hybridized carbons (Fsp3) is 0.333. The average molecular weight is 580 g/mol. The highest BCUT2D eigenvalue weighted by Gasteiger charge is 2.30. The van der Waals surface area contributed by atoms with Crippen molar-refractivity contribution in [3.63, 3.8) is 0 Å². The van der Waals surface area contributed by atoms with Gasteiger partial charge in [0.15, 0.2) is 6.61 Å². The summed E-state index contributed by atoms with van der Waals surface area (Å²) in [7, 11) is 0. The molecule has 35 heavy (non-hydrogen) atoms. The van der Waals surface area contributed by atoms with Gasteiger partial charge in [0.2, 0.25) is 5.91 Å². The number of unbranched alkanes of at least 4 members (excludes halogenated alkanes) is 1. The second-order valence-corrected chi connectivity index (χ2v) is 9.79. The molecule has 0 aliphatic carbocycles. The van der Waals surface area contributed by atoms with Gasteiger partial charge >= 0.3 is 0 Å². The molecule has 1 N–H and O–H groups in total. The number of rotatable bonds is 11. The fourth-order valence-corrected chi connectivity index (χ4v) is 4.95. The van der Waals surface area contributed by atoms with Gasteiger partial charge in [0.1, 0.15) is 11.8 Å². The highest BCUT2D eigenvalue weighted by Crippen LogP contribution is 2.33. The maximum Gasteiger partial charge on any atom is 0.261 e. The van der Waals surface area contributed by atoms with E-state index in [1.165, 1.54) is 4.90 Å². The Morgan fingerprint density at radius 2 is 1.74 bits per heavy atom. The Hall–Kier alpha value is -2.28. The molecule has 3 rings (SSSR count). The summed E-state index contributed by atoms with van der Waals surface area (Å²) in [6.07, 6.45) is 2.26. The first-order valence-electron chi connectivity index (χ1n) is 11.7. The Kier molecular flexibility index (Phi) is 10.3. The smallest absolute Gasteiger partial charge is 0.261 e. The topological polar surface area (TPSA) is 58.6 Å². The van der Waals surface area contributed by atoms with Crippen LogP contribution >= 0.6 is 39.1 Å². The molecule has 8 heteroatoms. The van der Waals surface area contributed by atoms with Crippen LogP contribution in [0.15, 0.2) is 59.1 Å². The lowest BCUT2D eigenvalue weighted by Gasteiger charge is -2.31. The summed E-state index contributed by atoms with van der Waals surface area (Å²) in [4.78, 5) is 28.0. The predicted molar refractivity (Wildman–Crippen MR) is 146 cm³/mol. The van der Waals surface area contributed by atoms with Crippen LogP contribution in [0.5, 0.6) is 5.75 Å². The van der Waals surface area contributed by atoms with E-state index < -0.39 is 6.04 Å². The van der Waals surface area contributed by atoms with E-state index in [1.54, 1.807) is 18.2 Å². The largest absolute Gasteiger partial charge is 0.483 e. The number of hydrogen-bond donors (Lipinski definition) is 1. The molecule has 0 radical (unpaired) electrons.